The number of esters is 1. The summed E-state index contributed by atoms with van der Waals surface area (Å²) in [5, 5.41) is 0. The molecule has 0 amide bonds. The Kier molecular flexibility index (Phi) is 5.77. The van der Waals surface area contributed by atoms with E-state index in [0.29, 0.717) is 11.1 Å². The van der Waals surface area contributed by atoms with Crippen molar-refractivity contribution in [1.29, 1.82) is 0 Å². The molecule has 136 valence electrons. The first-order valence-corrected chi connectivity index (χ1v) is 8.78. The van der Waals surface area contributed by atoms with Crippen LogP contribution in [0, 0.1) is 11.8 Å². The molecule has 0 bridgehead atoms. The lowest BCUT2D eigenvalue weighted by Crippen LogP contribution is -2.30. The van der Waals surface area contributed by atoms with E-state index in [-0.39, 0.29) is 24.6 Å². The Morgan fingerprint density at radius 3 is 2.26 bits per heavy atom. The zero-order chi connectivity index (χ0) is 19.2. The van der Waals surface area contributed by atoms with Crippen molar-refractivity contribution >= 4 is 23.1 Å². The minimum absolute atomic E-state index is 0.0304. The summed E-state index contributed by atoms with van der Waals surface area (Å²) in [5.74, 6) is -2.61. The maximum absolute atomic E-state index is 12.8. The van der Waals surface area contributed by atoms with E-state index >= 15 is 0 Å². The number of ketones is 2. The van der Waals surface area contributed by atoms with Crippen molar-refractivity contribution in [2.75, 3.05) is 6.61 Å². The molecule has 0 aromatic heterocycles. The van der Waals surface area contributed by atoms with E-state index < -0.39 is 17.8 Å². The molecule has 0 saturated carbocycles. The first-order chi connectivity index (χ1) is 13.1. The summed E-state index contributed by atoms with van der Waals surface area (Å²) in [7, 11) is 0. The zero-order valence-electron chi connectivity index (χ0n) is 14.8. The van der Waals surface area contributed by atoms with Gasteiger partial charge in [0, 0.05) is 17.9 Å². The predicted octanol–water partition coefficient (Wildman–Crippen LogP) is 3.89. The molecule has 4 nitrogen and oxygen atoms in total. The van der Waals surface area contributed by atoms with Crippen LogP contribution >= 0.6 is 0 Å². The molecule has 27 heavy (non-hydrogen) atoms. The van der Waals surface area contributed by atoms with Gasteiger partial charge >= 0.3 is 5.97 Å². The highest BCUT2D eigenvalue weighted by atomic mass is 16.5. The molecule has 1 aliphatic carbocycles. The summed E-state index contributed by atoms with van der Waals surface area (Å²) in [5.41, 5.74) is 2.09. The monoisotopic (exact) mass is 360 g/mol. The van der Waals surface area contributed by atoms with Gasteiger partial charge < -0.3 is 4.74 Å². The van der Waals surface area contributed by atoms with Crippen molar-refractivity contribution in [3.63, 3.8) is 0 Å². The first kappa shape index (κ1) is 18.5. The Balaban J connectivity index is 1.92. The zero-order valence-corrected chi connectivity index (χ0v) is 14.8. The van der Waals surface area contributed by atoms with Gasteiger partial charge in [-0.1, -0.05) is 73.3 Å². The molecule has 0 N–H and O–H groups in total. The smallest absolute Gasteiger partial charge is 0.317 e. The third-order valence-electron chi connectivity index (χ3n) is 4.61. The summed E-state index contributed by atoms with van der Waals surface area (Å²) in [4.78, 5) is 37.8. The standard InChI is InChI=1S/C23H20O4/c1-2-13-27-23(26)22-19(15-20(24)17-11-7-4-8-12-17)18(14-21(22)25)16-9-5-3-6-10-16/h2-12,14,19,22H,1,13,15H2/t19-,22+/m1/s1. The third kappa shape index (κ3) is 4.11. The third-order valence-corrected chi connectivity index (χ3v) is 4.61. The Hall–Kier alpha value is -3.27. The van der Waals surface area contributed by atoms with E-state index in [4.69, 9.17) is 4.74 Å². The van der Waals surface area contributed by atoms with Gasteiger partial charge in [0.15, 0.2) is 11.6 Å². The molecule has 0 heterocycles. The molecule has 2 atom stereocenters. The molecule has 0 spiro atoms. The largest absolute Gasteiger partial charge is 0.461 e. The van der Waals surface area contributed by atoms with Crippen LogP contribution < -0.4 is 0 Å². The Labute approximate surface area is 158 Å². The lowest BCUT2D eigenvalue weighted by molar-refractivity contribution is -0.150. The number of ether oxygens (including phenoxy) is 1. The molecule has 0 fully saturated rings. The van der Waals surface area contributed by atoms with E-state index in [1.807, 2.05) is 36.4 Å². The summed E-state index contributed by atoms with van der Waals surface area (Å²) in [6, 6.07) is 18.2. The van der Waals surface area contributed by atoms with Gasteiger partial charge in [0.25, 0.3) is 0 Å². The van der Waals surface area contributed by atoms with Crippen LogP contribution in [0.5, 0.6) is 0 Å². The maximum Gasteiger partial charge on any atom is 0.317 e. The van der Waals surface area contributed by atoms with Crippen LogP contribution in [-0.4, -0.2) is 24.1 Å². The van der Waals surface area contributed by atoms with E-state index in [9.17, 15) is 14.4 Å². The summed E-state index contributed by atoms with van der Waals surface area (Å²) in [6.45, 7) is 3.55. The Bertz CT molecular complexity index is 881. The van der Waals surface area contributed by atoms with E-state index in [0.717, 1.165) is 5.56 Å². The quantitative estimate of drug-likeness (QED) is 0.325. The Morgan fingerprint density at radius 2 is 1.63 bits per heavy atom. The van der Waals surface area contributed by atoms with Gasteiger partial charge in [0.1, 0.15) is 12.5 Å². The normalized spacial score (nSPS) is 18.7. The molecule has 0 radical (unpaired) electrons. The summed E-state index contributed by atoms with van der Waals surface area (Å²) >= 11 is 0. The highest BCUT2D eigenvalue weighted by molar-refractivity contribution is 6.15. The molecule has 0 unspecified atom stereocenters. The molecular formula is C23H20O4. The number of rotatable bonds is 7. The molecular weight excluding hydrogens is 340 g/mol. The maximum atomic E-state index is 12.8. The SMILES string of the molecule is C=CCOC(=O)[C@@H]1C(=O)C=C(c2ccccc2)[C@H]1CC(=O)c1ccccc1. The number of allylic oxidation sites excluding steroid dienone is 2. The van der Waals surface area contributed by atoms with Gasteiger partial charge in [-0.3, -0.25) is 14.4 Å². The van der Waals surface area contributed by atoms with Crippen molar-refractivity contribution < 1.29 is 19.1 Å². The van der Waals surface area contributed by atoms with Crippen LogP contribution in [0.15, 0.2) is 79.4 Å². The minimum atomic E-state index is -1.01. The average molecular weight is 360 g/mol. The molecule has 0 saturated heterocycles. The van der Waals surface area contributed by atoms with Crippen LogP contribution in [0.25, 0.3) is 5.57 Å². The van der Waals surface area contributed by atoms with E-state index in [1.54, 1.807) is 24.3 Å². The fourth-order valence-corrected chi connectivity index (χ4v) is 3.34. The van der Waals surface area contributed by atoms with Crippen LogP contribution in [0.3, 0.4) is 0 Å². The molecule has 1 aliphatic rings. The number of hydrogen-bond acceptors (Lipinski definition) is 4. The number of carbonyl (C=O) groups excluding carboxylic acids is 3. The fourth-order valence-electron chi connectivity index (χ4n) is 3.34. The van der Waals surface area contributed by atoms with Crippen molar-refractivity contribution in [3.05, 3.63) is 90.5 Å². The second-order valence-electron chi connectivity index (χ2n) is 6.36. The molecule has 4 heteroatoms. The summed E-state index contributed by atoms with van der Waals surface area (Å²) < 4.78 is 5.12. The van der Waals surface area contributed by atoms with Gasteiger partial charge in [0.05, 0.1) is 0 Å². The van der Waals surface area contributed by atoms with Gasteiger partial charge in [-0.15, -0.1) is 0 Å². The van der Waals surface area contributed by atoms with Crippen molar-refractivity contribution in [3.8, 4) is 0 Å². The second-order valence-corrected chi connectivity index (χ2v) is 6.36. The lowest BCUT2D eigenvalue weighted by atomic mass is 9.82. The number of hydrogen-bond donors (Lipinski definition) is 0. The highest BCUT2D eigenvalue weighted by Crippen LogP contribution is 2.40. The average Bonchev–Trinajstić information content (AvgIpc) is 3.03. The van der Waals surface area contributed by atoms with Gasteiger partial charge in [-0.25, -0.2) is 0 Å². The summed E-state index contributed by atoms with van der Waals surface area (Å²) in [6.07, 6.45) is 2.98. The van der Waals surface area contributed by atoms with Crippen molar-refractivity contribution in [2.24, 2.45) is 11.8 Å². The lowest BCUT2D eigenvalue weighted by Gasteiger charge is -2.20. The highest BCUT2D eigenvalue weighted by Gasteiger charge is 2.43. The van der Waals surface area contributed by atoms with Crippen LogP contribution in [0.4, 0.5) is 0 Å². The van der Waals surface area contributed by atoms with Gasteiger partial charge in [-0.05, 0) is 17.2 Å². The molecule has 2 aromatic rings. The van der Waals surface area contributed by atoms with Crippen LogP contribution in [0.1, 0.15) is 22.3 Å². The minimum Gasteiger partial charge on any atom is -0.461 e. The molecule has 2 aromatic carbocycles. The van der Waals surface area contributed by atoms with Crippen molar-refractivity contribution in [2.45, 2.75) is 6.42 Å². The van der Waals surface area contributed by atoms with Gasteiger partial charge in [-0.2, -0.15) is 0 Å². The first-order valence-electron chi connectivity index (χ1n) is 8.78. The van der Waals surface area contributed by atoms with E-state index in [1.165, 1.54) is 12.2 Å². The number of carbonyl (C=O) groups is 3. The topological polar surface area (TPSA) is 60.4 Å². The van der Waals surface area contributed by atoms with Gasteiger partial charge in [0.2, 0.25) is 0 Å². The van der Waals surface area contributed by atoms with E-state index in [2.05, 4.69) is 6.58 Å². The molecule has 3 rings (SSSR count). The molecule has 0 aliphatic heterocycles. The number of benzene rings is 2. The Morgan fingerprint density at radius 1 is 1.00 bits per heavy atom. The second kappa shape index (κ2) is 8.41. The predicted molar refractivity (Wildman–Crippen MR) is 103 cm³/mol. The van der Waals surface area contributed by atoms with Crippen LogP contribution in [-0.2, 0) is 14.3 Å². The van der Waals surface area contributed by atoms with Crippen molar-refractivity contribution in [1.82, 2.24) is 0 Å². The fraction of sp³-hybridized carbons (Fsp3) is 0.174. The number of Topliss-reactive ketones (excluding diaryl/α,β-unsaturated/α-hetero) is 1. The van der Waals surface area contributed by atoms with Crippen LogP contribution in [0.2, 0.25) is 0 Å².